The molecule has 1 aliphatic rings. The molecule has 10 heavy (non-hydrogen) atoms. The van der Waals surface area contributed by atoms with Crippen LogP contribution in [0.15, 0.2) is 0 Å². The highest BCUT2D eigenvalue weighted by Crippen LogP contribution is 2.07. The van der Waals surface area contributed by atoms with Crippen LogP contribution < -0.4 is 5.32 Å². The fourth-order valence-corrected chi connectivity index (χ4v) is 1.82. The van der Waals surface area contributed by atoms with E-state index in [2.05, 4.69) is 7.05 Å². The van der Waals surface area contributed by atoms with Crippen molar-refractivity contribution in [1.82, 2.24) is 4.90 Å². The number of hydrogen-bond donors (Lipinski definition) is 1. The van der Waals surface area contributed by atoms with Crippen LogP contribution in [-0.4, -0.2) is 35.5 Å². The molecule has 1 aliphatic heterocycles. The van der Waals surface area contributed by atoms with Gasteiger partial charge in [0.25, 0.3) is 0 Å². The topological polar surface area (TPSA) is 36.9 Å². The predicted octanol–water partition coefficient (Wildman–Crippen LogP) is -0.490. The maximum absolute atomic E-state index is 11.0. The third kappa shape index (κ3) is 1.88. The molecule has 4 heteroatoms. The van der Waals surface area contributed by atoms with E-state index in [1.807, 2.05) is 16.7 Å². The number of nitrogens with two attached hydrogens (primary N) is 1. The van der Waals surface area contributed by atoms with Crippen molar-refractivity contribution in [2.75, 3.05) is 24.6 Å². The number of primary amides is 1. The predicted molar refractivity (Wildman–Crippen MR) is 41.6 cm³/mol. The summed E-state index contributed by atoms with van der Waals surface area (Å²) < 4.78 is 0. The van der Waals surface area contributed by atoms with E-state index in [-0.39, 0.29) is 6.03 Å². The zero-order valence-electron chi connectivity index (χ0n) is 5.88. The van der Waals surface area contributed by atoms with Crippen molar-refractivity contribution in [3.63, 3.8) is 0 Å². The van der Waals surface area contributed by atoms with Gasteiger partial charge in [0.05, 0.1) is 0 Å². The summed E-state index contributed by atoms with van der Waals surface area (Å²) in [7, 11) is 3.44. The van der Waals surface area contributed by atoms with E-state index in [9.17, 15) is 4.79 Å². The second-order valence-electron chi connectivity index (χ2n) is 2.14. The molecule has 0 unspecified atom stereocenters. The fourth-order valence-electron chi connectivity index (χ4n) is 0.913. The van der Waals surface area contributed by atoms with E-state index < -0.39 is 0 Å². The van der Waals surface area contributed by atoms with E-state index in [0.29, 0.717) is 0 Å². The van der Waals surface area contributed by atoms with Crippen LogP contribution in [-0.2, 0) is 0 Å². The van der Waals surface area contributed by atoms with E-state index in [1.165, 1.54) is 5.32 Å². The highest BCUT2D eigenvalue weighted by molar-refractivity contribution is 7.99. The summed E-state index contributed by atoms with van der Waals surface area (Å²) in [5.74, 6) is 2.14. The zero-order valence-corrected chi connectivity index (χ0v) is 6.69. The normalized spacial score (nSPS) is 19.1. The fraction of sp³-hybridized carbons (Fsp3) is 0.667. The number of urea groups is 1. The number of hydrogen-bond acceptors (Lipinski definition) is 2. The van der Waals surface area contributed by atoms with Gasteiger partial charge in [-0.25, -0.2) is 4.79 Å². The smallest absolute Gasteiger partial charge is 0.389 e. The van der Waals surface area contributed by atoms with Gasteiger partial charge in [-0.15, -0.1) is 7.05 Å². The maximum atomic E-state index is 11.0. The highest BCUT2D eigenvalue weighted by atomic mass is 32.2. The molecule has 0 aromatic heterocycles. The second kappa shape index (κ2) is 3.83. The SMILES string of the molecule is [CH2-][NH2+]C(=O)N1CCSCC1. The first kappa shape index (κ1) is 7.88. The van der Waals surface area contributed by atoms with Gasteiger partial charge < -0.3 is 5.32 Å². The van der Waals surface area contributed by atoms with Crippen molar-refractivity contribution in [1.29, 1.82) is 0 Å². The Bertz CT molecular complexity index is 123. The molecule has 0 spiro atoms. The molecule has 3 nitrogen and oxygen atoms in total. The van der Waals surface area contributed by atoms with Crippen LogP contribution in [0.3, 0.4) is 0 Å². The minimum Gasteiger partial charge on any atom is -0.395 e. The van der Waals surface area contributed by atoms with Gasteiger partial charge in [0.1, 0.15) is 0 Å². The lowest BCUT2D eigenvalue weighted by molar-refractivity contribution is -0.497. The summed E-state index contributed by atoms with van der Waals surface area (Å²) in [6.45, 7) is 1.77. The number of thioether (sulfide) groups is 1. The molecule has 2 N–H and O–H groups in total. The zero-order chi connectivity index (χ0) is 7.40. The molecule has 0 aliphatic carbocycles. The van der Waals surface area contributed by atoms with Crippen LogP contribution in [0.2, 0.25) is 0 Å². The lowest BCUT2D eigenvalue weighted by Gasteiger charge is -2.24. The van der Waals surface area contributed by atoms with Crippen molar-refractivity contribution < 1.29 is 10.1 Å². The molecule has 0 saturated carbocycles. The maximum Gasteiger partial charge on any atom is 0.389 e. The first-order chi connectivity index (χ1) is 4.84. The Hall–Kier alpha value is -0.220. The standard InChI is InChI=1S/C6H12N2OS/c1-7-6(9)8-2-4-10-5-3-8/h1-5,7H2. The van der Waals surface area contributed by atoms with Crippen molar-refractivity contribution >= 4 is 17.8 Å². The second-order valence-corrected chi connectivity index (χ2v) is 3.37. The summed E-state index contributed by atoms with van der Waals surface area (Å²) in [5, 5.41) is 1.38. The van der Waals surface area contributed by atoms with Crippen molar-refractivity contribution in [3.8, 4) is 0 Å². The number of nitrogens with zero attached hydrogens (tertiary/aromatic N) is 1. The van der Waals surface area contributed by atoms with E-state index in [1.54, 1.807) is 0 Å². The Kier molecular flexibility index (Phi) is 3.02. The molecule has 1 saturated heterocycles. The van der Waals surface area contributed by atoms with Crippen molar-refractivity contribution in [3.05, 3.63) is 7.05 Å². The van der Waals surface area contributed by atoms with Gasteiger partial charge in [-0.1, -0.05) is 0 Å². The first-order valence-electron chi connectivity index (χ1n) is 3.33. The van der Waals surface area contributed by atoms with Gasteiger partial charge in [-0.05, 0) is 0 Å². The molecule has 0 aromatic rings. The monoisotopic (exact) mass is 160 g/mol. The molecule has 58 valence electrons. The van der Waals surface area contributed by atoms with Crippen LogP contribution in [0.25, 0.3) is 0 Å². The van der Waals surface area contributed by atoms with Gasteiger partial charge in [0.15, 0.2) is 0 Å². The van der Waals surface area contributed by atoms with Gasteiger partial charge in [-0.3, -0.25) is 4.90 Å². The van der Waals surface area contributed by atoms with Gasteiger partial charge >= 0.3 is 6.03 Å². The summed E-state index contributed by atoms with van der Waals surface area (Å²) >= 11 is 1.90. The van der Waals surface area contributed by atoms with E-state index in [0.717, 1.165) is 24.6 Å². The van der Waals surface area contributed by atoms with Gasteiger partial charge in [-0.2, -0.15) is 11.8 Å². The lowest BCUT2D eigenvalue weighted by atomic mass is 10.5. The molecule has 0 aromatic carbocycles. The number of quaternary nitrogens is 1. The number of rotatable bonds is 0. The largest absolute Gasteiger partial charge is 0.395 e. The average Bonchev–Trinajstić information content (AvgIpc) is 2.05. The number of amides is 2. The quantitative estimate of drug-likeness (QED) is 0.485. The van der Waals surface area contributed by atoms with Crippen molar-refractivity contribution in [2.24, 2.45) is 0 Å². The summed E-state index contributed by atoms with van der Waals surface area (Å²) in [4.78, 5) is 12.8. The first-order valence-corrected chi connectivity index (χ1v) is 4.49. The summed E-state index contributed by atoms with van der Waals surface area (Å²) in [5.41, 5.74) is 0. The molecular weight excluding hydrogens is 148 g/mol. The average molecular weight is 160 g/mol. The number of carbonyl (C=O) groups excluding carboxylic acids is 1. The molecule has 1 fully saturated rings. The summed E-state index contributed by atoms with van der Waals surface area (Å²) in [6, 6.07) is 0.0697. The molecule has 1 rings (SSSR count). The van der Waals surface area contributed by atoms with Crippen LogP contribution in [0.4, 0.5) is 4.79 Å². The highest BCUT2D eigenvalue weighted by Gasteiger charge is 2.15. The third-order valence-electron chi connectivity index (χ3n) is 1.50. The third-order valence-corrected chi connectivity index (χ3v) is 2.44. The van der Waals surface area contributed by atoms with E-state index >= 15 is 0 Å². The Morgan fingerprint density at radius 2 is 2.10 bits per heavy atom. The molecular formula is C6H12N2OS. The summed E-state index contributed by atoms with van der Waals surface area (Å²) in [6.07, 6.45) is 0. The van der Waals surface area contributed by atoms with Crippen LogP contribution in [0, 0.1) is 7.05 Å². The minimum atomic E-state index is 0.0697. The Morgan fingerprint density at radius 3 is 2.60 bits per heavy atom. The van der Waals surface area contributed by atoms with Crippen LogP contribution in [0.5, 0.6) is 0 Å². The van der Waals surface area contributed by atoms with Crippen LogP contribution in [0.1, 0.15) is 0 Å². The van der Waals surface area contributed by atoms with Crippen molar-refractivity contribution in [2.45, 2.75) is 0 Å². The minimum absolute atomic E-state index is 0.0697. The number of carbonyl (C=O) groups is 1. The lowest BCUT2D eigenvalue weighted by Crippen LogP contribution is -2.85. The van der Waals surface area contributed by atoms with Gasteiger partial charge in [0.2, 0.25) is 0 Å². The van der Waals surface area contributed by atoms with Gasteiger partial charge in [0, 0.05) is 24.6 Å². The molecule has 0 radical (unpaired) electrons. The Labute approximate surface area is 65.2 Å². The Balaban J connectivity index is 2.31. The van der Waals surface area contributed by atoms with Crippen LogP contribution >= 0.6 is 11.8 Å². The molecule has 2 amide bonds. The molecule has 0 atom stereocenters. The molecule has 1 heterocycles. The molecule has 0 bridgehead atoms. The van der Waals surface area contributed by atoms with E-state index in [4.69, 9.17) is 0 Å². The Morgan fingerprint density at radius 1 is 1.50 bits per heavy atom.